The Morgan fingerprint density at radius 3 is 0.456 bits per heavy atom. The van der Waals surface area contributed by atoms with E-state index in [0.29, 0.717) is 34.9 Å². The maximum absolute atomic E-state index is 5.21. The second-order valence-electron chi connectivity index (χ2n) is 22.3. The molecule has 0 saturated heterocycles. The molecular formula is C84H56N6. The predicted molar refractivity (Wildman–Crippen MR) is 369 cm³/mol. The van der Waals surface area contributed by atoms with Gasteiger partial charge in [-0.05, 0) is 138 Å². The maximum atomic E-state index is 5.21. The molecule has 0 amide bonds. The molecule has 0 atom stereocenters. The van der Waals surface area contributed by atoms with Crippen LogP contribution in [-0.2, 0) is 0 Å². The van der Waals surface area contributed by atoms with Crippen molar-refractivity contribution in [2.24, 2.45) is 0 Å². The van der Waals surface area contributed by atoms with Crippen molar-refractivity contribution in [2.45, 2.75) is 0 Å². The predicted octanol–water partition coefficient (Wildman–Crippen LogP) is 21.4. The first-order valence-electron chi connectivity index (χ1n) is 30.2. The van der Waals surface area contributed by atoms with E-state index in [1.54, 1.807) is 0 Å². The van der Waals surface area contributed by atoms with Crippen molar-refractivity contribution in [1.82, 2.24) is 29.9 Å². The lowest BCUT2D eigenvalue weighted by Gasteiger charge is -2.12. The van der Waals surface area contributed by atoms with E-state index < -0.39 is 0 Å². The fraction of sp³-hybridized carbons (Fsp3) is 0. The first-order chi connectivity index (χ1) is 44.5. The standard InChI is InChI=1S/C84H56N6/c1-5-21-57(22-6-1)61-45-47-62(48-46-61)79-85-80(74-40-16-29-63(52-74)58-23-7-2-8-24-58)87-81(86-79)77-43-19-38-72(55-77)70-36-14-34-68(50-70)66-32-13-33-67(49-66)69-35-15-37-71(51-69)73-39-20-44-78(56-73)84-89-82(75-41-17-30-64(53-75)59-25-9-3-10-26-59)88-83(90-84)76-42-18-31-65(54-76)60-27-11-4-12-28-60/h1-56H. The third-order valence-corrected chi connectivity index (χ3v) is 16.4. The lowest BCUT2D eigenvalue weighted by Crippen LogP contribution is -2.00. The summed E-state index contributed by atoms with van der Waals surface area (Å²) in [4.78, 5) is 31.1. The van der Waals surface area contributed by atoms with E-state index in [9.17, 15) is 0 Å². The average molecular weight is 1150 g/mol. The molecule has 6 nitrogen and oxygen atoms in total. The van der Waals surface area contributed by atoms with Crippen LogP contribution in [0.2, 0.25) is 0 Å². The molecule has 0 bridgehead atoms. The molecule has 13 aromatic carbocycles. The van der Waals surface area contributed by atoms with Crippen LogP contribution >= 0.6 is 0 Å². The summed E-state index contributed by atoms with van der Waals surface area (Å²) in [6.45, 7) is 0. The second kappa shape index (κ2) is 24.7. The van der Waals surface area contributed by atoms with Gasteiger partial charge in [0, 0.05) is 33.4 Å². The van der Waals surface area contributed by atoms with E-state index in [2.05, 4.69) is 315 Å². The SMILES string of the molecule is c1ccc(-c2ccc(-c3nc(-c4cccc(-c5ccccc5)c4)nc(-c4cccc(-c5cccc(-c6cccc(-c7cccc(-c8cccc(-c9nc(-c%10cccc(-c%11ccccc%11)c%10)nc(-c%10cccc(-c%11ccccc%11)c%10)n9)c8)c7)c6)c5)c4)n3)cc2)cc1. The number of hydrogen-bond acceptors (Lipinski definition) is 6. The smallest absolute Gasteiger partial charge is 0.164 e. The molecule has 0 fully saturated rings. The molecule has 6 heteroatoms. The highest BCUT2D eigenvalue weighted by Crippen LogP contribution is 2.37. The summed E-state index contributed by atoms with van der Waals surface area (Å²) < 4.78 is 0. The fourth-order valence-electron chi connectivity index (χ4n) is 11.7. The summed E-state index contributed by atoms with van der Waals surface area (Å²) >= 11 is 0. The van der Waals surface area contributed by atoms with Gasteiger partial charge in [0.2, 0.25) is 0 Å². The molecule has 2 heterocycles. The van der Waals surface area contributed by atoms with Gasteiger partial charge in [-0.2, -0.15) is 0 Å². The van der Waals surface area contributed by atoms with Gasteiger partial charge in [-0.25, -0.2) is 29.9 Å². The molecule has 0 aliphatic carbocycles. The second-order valence-corrected chi connectivity index (χ2v) is 22.3. The minimum absolute atomic E-state index is 0.598. The Bertz CT molecular complexity index is 4950. The molecule has 0 saturated carbocycles. The Balaban J connectivity index is 0.733. The molecule has 0 aliphatic rings. The first-order valence-corrected chi connectivity index (χ1v) is 30.2. The van der Waals surface area contributed by atoms with Gasteiger partial charge < -0.3 is 0 Å². The minimum Gasteiger partial charge on any atom is -0.208 e. The van der Waals surface area contributed by atoms with Crippen LogP contribution in [0.5, 0.6) is 0 Å². The Labute approximate surface area is 524 Å². The molecular weight excluding hydrogens is 1090 g/mol. The molecule has 422 valence electrons. The van der Waals surface area contributed by atoms with E-state index >= 15 is 0 Å². The monoisotopic (exact) mass is 1150 g/mol. The van der Waals surface area contributed by atoms with Gasteiger partial charge in [0.15, 0.2) is 34.9 Å². The van der Waals surface area contributed by atoms with E-state index in [0.717, 1.165) is 122 Å². The van der Waals surface area contributed by atoms with Crippen molar-refractivity contribution in [2.75, 3.05) is 0 Å². The van der Waals surface area contributed by atoms with Crippen molar-refractivity contribution < 1.29 is 0 Å². The van der Waals surface area contributed by atoms with Crippen LogP contribution in [0.3, 0.4) is 0 Å². The van der Waals surface area contributed by atoms with Gasteiger partial charge in [-0.1, -0.05) is 291 Å². The quantitative estimate of drug-likeness (QED) is 0.108. The number of hydrogen-bond donors (Lipinski definition) is 0. The molecule has 0 N–H and O–H groups in total. The van der Waals surface area contributed by atoms with Gasteiger partial charge in [0.25, 0.3) is 0 Å². The van der Waals surface area contributed by atoms with Gasteiger partial charge in [-0.15, -0.1) is 0 Å². The molecule has 15 aromatic rings. The van der Waals surface area contributed by atoms with Crippen molar-refractivity contribution in [3.8, 4) is 157 Å². The normalized spacial score (nSPS) is 11.1. The number of benzene rings is 13. The maximum Gasteiger partial charge on any atom is 0.164 e. The van der Waals surface area contributed by atoms with Crippen molar-refractivity contribution >= 4 is 0 Å². The lowest BCUT2D eigenvalue weighted by atomic mass is 9.94. The van der Waals surface area contributed by atoms with Gasteiger partial charge in [0.05, 0.1) is 0 Å². The third-order valence-electron chi connectivity index (χ3n) is 16.4. The zero-order valence-corrected chi connectivity index (χ0v) is 49.0. The zero-order chi connectivity index (χ0) is 60.0. The highest BCUT2D eigenvalue weighted by atomic mass is 15.0. The van der Waals surface area contributed by atoms with Crippen LogP contribution in [0.25, 0.3) is 157 Å². The molecule has 0 unspecified atom stereocenters. The molecule has 2 aromatic heterocycles. The fourth-order valence-corrected chi connectivity index (χ4v) is 11.7. The average Bonchev–Trinajstić information content (AvgIpc) is 3.05. The molecule has 15 rings (SSSR count). The Kier molecular flexibility index (Phi) is 15.0. The number of aromatic nitrogens is 6. The molecule has 0 radical (unpaired) electrons. The summed E-state index contributed by atoms with van der Waals surface area (Å²) in [6.07, 6.45) is 0. The van der Waals surface area contributed by atoms with Gasteiger partial charge >= 0.3 is 0 Å². The number of rotatable bonds is 14. The summed E-state index contributed by atoms with van der Waals surface area (Å²) in [5.74, 6) is 3.63. The van der Waals surface area contributed by atoms with Gasteiger partial charge in [0.1, 0.15) is 0 Å². The van der Waals surface area contributed by atoms with Crippen LogP contribution in [0.4, 0.5) is 0 Å². The van der Waals surface area contributed by atoms with Crippen LogP contribution < -0.4 is 0 Å². The Morgan fingerprint density at radius 2 is 0.233 bits per heavy atom. The topological polar surface area (TPSA) is 77.3 Å². The molecule has 90 heavy (non-hydrogen) atoms. The van der Waals surface area contributed by atoms with E-state index in [1.807, 2.05) is 24.3 Å². The third kappa shape index (κ3) is 11.8. The van der Waals surface area contributed by atoms with Crippen LogP contribution in [0.1, 0.15) is 0 Å². The minimum atomic E-state index is 0.598. The van der Waals surface area contributed by atoms with Crippen molar-refractivity contribution in [3.63, 3.8) is 0 Å². The highest BCUT2D eigenvalue weighted by Gasteiger charge is 2.18. The zero-order valence-electron chi connectivity index (χ0n) is 49.0. The van der Waals surface area contributed by atoms with Crippen LogP contribution in [-0.4, -0.2) is 29.9 Å². The largest absolute Gasteiger partial charge is 0.208 e. The van der Waals surface area contributed by atoms with E-state index in [1.165, 1.54) is 0 Å². The molecule has 0 spiro atoms. The summed E-state index contributed by atoms with van der Waals surface area (Å²) in [5, 5.41) is 0. The Morgan fingerprint density at radius 1 is 0.100 bits per heavy atom. The Hall–Kier alpha value is -12.1. The van der Waals surface area contributed by atoms with Crippen LogP contribution in [0, 0.1) is 0 Å². The van der Waals surface area contributed by atoms with E-state index in [4.69, 9.17) is 29.9 Å². The summed E-state index contributed by atoms with van der Waals surface area (Å²) in [7, 11) is 0. The summed E-state index contributed by atoms with van der Waals surface area (Å²) in [6, 6.07) is 119. The van der Waals surface area contributed by atoms with Crippen LogP contribution in [0.15, 0.2) is 340 Å². The summed E-state index contributed by atoms with van der Waals surface area (Å²) in [5.41, 5.74) is 23.1. The lowest BCUT2D eigenvalue weighted by molar-refractivity contribution is 1.07. The highest BCUT2D eigenvalue weighted by molar-refractivity contribution is 5.83. The first kappa shape index (κ1) is 54.5. The number of nitrogens with zero attached hydrogens (tertiary/aromatic N) is 6. The van der Waals surface area contributed by atoms with Crippen molar-refractivity contribution in [3.05, 3.63) is 340 Å². The van der Waals surface area contributed by atoms with E-state index in [-0.39, 0.29) is 0 Å². The molecule has 0 aliphatic heterocycles. The van der Waals surface area contributed by atoms with Crippen molar-refractivity contribution in [1.29, 1.82) is 0 Å². The van der Waals surface area contributed by atoms with Gasteiger partial charge in [-0.3, -0.25) is 0 Å².